The number of piperidine rings is 1. The van der Waals surface area contributed by atoms with Crippen LogP contribution < -0.4 is 47.7 Å². The van der Waals surface area contributed by atoms with Crippen LogP contribution in [0.5, 0.6) is 11.5 Å². The predicted octanol–water partition coefficient (Wildman–Crippen LogP) is -1.01. The molecular formula is C64H82N12O15S. The highest BCUT2D eigenvalue weighted by molar-refractivity contribution is 7.17. The van der Waals surface area contributed by atoms with Gasteiger partial charge in [-0.1, -0.05) is 66.8 Å². The molecule has 0 saturated carbocycles. The number of benzene rings is 4. The number of aromatic nitrogens is 2. The van der Waals surface area contributed by atoms with Gasteiger partial charge in [-0.3, -0.25) is 33.6 Å². The Morgan fingerprint density at radius 2 is 1.37 bits per heavy atom. The largest absolute Gasteiger partial charge is 0.504 e. The number of carbonyl (C=O) groups is 7. The summed E-state index contributed by atoms with van der Waals surface area (Å²) in [5.41, 5.74) is 15.7. The lowest BCUT2D eigenvalue weighted by Gasteiger charge is -2.34. The quantitative estimate of drug-likeness (QED) is 0.0496. The van der Waals surface area contributed by atoms with Crippen LogP contribution in [0.15, 0.2) is 97.1 Å². The lowest BCUT2D eigenvalue weighted by molar-refractivity contribution is -0.147. The van der Waals surface area contributed by atoms with E-state index in [1.54, 1.807) is 12.1 Å². The summed E-state index contributed by atoms with van der Waals surface area (Å²) in [5.74, 6) is -8.03. The van der Waals surface area contributed by atoms with Crippen LogP contribution in [-0.4, -0.2) is 222 Å². The normalized spacial score (nSPS) is 25.9. The maximum atomic E-state index is 14.7. The molecular weight excluding hydrogens is 1210 g/mol. The molecule has 4 aliphatic rings. The van der Waals surface area contributed by atoms with E-state index < -0.39 is 152 Å². The van der Waals surface area contributed by atoms with Crippen molar-refractivity contribution >= 4 is 58.4 Å². The second-order valence-corrected chi connectivity index (χ2v) is 25.1. The molecule has 0 aliphatic carbocycles. The zero-order chi connectivity index (χ0) is 65.9. The SMILES string of the molecule is C[C@@H](O)[C@@H]1NC(=O)C(NC(=O)c2ccc(-c3nnc(-c4ccc(N5CCC(c6ccccc6)CC5)cc4)s3)cc2)C[C@@H](O)CNC(=O)[C@@H]2[C@@H](O)[C@@H](C)CN2C(=O)[C@H]([C@H](O)CCN)NC(=O)[C@H]([C@H](O)Cc2ccc(O)c(OCCCN)c2)NC(=O)[C@@H]2C[C@@H](O)CN2C1=O. The second kappa shape index (κ2) is 31.0. The predicted molar refractivity (Wildman–Crippen MR) is 337 cm³/mol. The standard InChI is InChI=1S/C64H82N12O15S/c1-34-32-76-54(55(34)83)60(88)67-31-43(78)29-45(68-56(84)39-10-12-40(13-11-39)61-72-73-62(92-61)41-14-16-42(17-15-41)74-24-20-38(21-25-74)37-7-4-3-5-8-37)57(85)69-51(35(2)77)63(89)75-33-44(79)30-46(75)58(86)70-52(59(87)71-53(64(76)90)48(81)19-23-66)49(82)27-36-9-18-47(80)50(28-36)91-26-6-22-65/h3-5,7-18,28,34-35,38,43-46,48-49,51-55,77-83H,6,19-27,29-33,65-66H2,1-2H3,(H,67,88)(H,68,84)(H,69,85)(H,70,86)(H,71,87)/t34-,35+,43+,44+,45?,46-,48+,49+,51-,52-,53-,54-,55-/m0/s1. The number of nitrogens with zero attached hydrogens (tertiary/aromatic N) is 5. The third-order valence-electron chi connectivity index (χ3n) is 17.3. The molecule has 92 heavy (non-hydrogen) atoms. The van der Waals surface area contributed by atoms with Crippen molar-refractivity contribution in [3.8, 4) is 32.6 Å². The molecule has 4 fully saturated rings. The van der Waals surface area contributed by atoms with E-state index in [1.807, 2.05) is 18.2 Å². The summed E-state index contributed by atoms with van der Waals surface area (Å²) in [7, 11) is 0. The highest BCUT2D eigenvalue weighted by atomic mass is 32.1. The molecule has 0 spiro atoms. The number of aliphatic hydroxyl groups excluding tert-OH is 6. The number of β-amino-alcohol motifs (C(OH)–C–C–N with tert-alkyl or cyclic N) is 1. The molecule has 27 nitrogen and oxygen atoms in total. The van der Waals surface area contributed by atoms with E-state index in [2.05, 4.69) is 78.1 Å². The van der Waals surface area contributed by atoms with E-state index >= 15 is 0 Å². The van der Waals surface area contributed by atoms with Crippen LogP contribution in [0.3, 0.4) is 0 Å². The summed E-state index contributed by atoms with van der Waals surface area (Å²) in [4.78, 5) is 106. The van der Waals surface area contributed by atoms with Crippen LogP contribution in [0.4, 0.5) is 5.69 Å². The minimum absolute atomic E-state index is 0.00501. The molecule has 5 heterocycles. The molecule has 4 aromatic carbocycles. The number of rotatable bonds is 17. The van der Waals surface area contributed by atoms with Gasteiger partial charge in [0.2, 0.25) is 35.4 Å². The number of aliphatic hydroxyl groups is 6. The Kier molecular flexibility index (Phi) is 22.9. The van der Waals surface area contributed by atoms with Crippen molar-refractivity contribution in [2.45, 2.75) is 138 Å². The third-order valence-corrected chi connectivity index (χ3v) is 18.4. The lowest BCUT2D eigenvalue weighted by Crippen LogP contribution is -2.64. The molecule has 9 rings (SSSR count). The van der Waals surface area contributed by atoms with Crippen LogP contribution >= 0.6 is 11.3 Å². The molecule has 4 aliphatic heterocycles. The van der Waals surface area contributed by atoms with Crippen LogP contribution in [0.25, 0.3) is 21.1 Å². The van der Waals surface area contributed by atoms with Gasteiger partial charge < -0.3 is 93.2 Å². The van der Waals surface area contributed by atoms with Crippen molar-refractivity contribution < 1.29 is 74.0 Å². The molecule has 28 heteroatoms. The van der Waals surface area contributed by atoms with Gasteiger partial charge in [-0.15, -0.1) is 10.2 Å². The van der Waals surface area contributed by atoms with Gasteiger partial charge in [0, 0.05) is 80.3 Å². The summed E-state index contributed by atoms with van der Waals surface area (Å²) in [6.07, 6.45) is -9.28. The number of hydrogen-bond donors (Lipinski definition) is 14. The number of anilines is 1. The van der Waals surface area contributed by atoms with Crippen molar-refractivity contribution in [3.63, 3.8) is 0 Å². The van der Waals surface area contributed by atoms with E-state index in [4.69, 9.17) is 16.2 Å². The van der Waals surface area contributed by atoms with Crippen molar-refractivity contribution in [3.05, 3.63) is 114 Å². The Morgan fingerprint density at radius 3 is 2.02 bits per heavy atom. The van der Waals surface area contributed by atoms with Gasteiger partial charge in [0.25, 0.3) is 5.91 Å². The number of nitrogens with one attached hydrogen (secondary N) is 5. The molecule has 16 N–H and O–H groups in total. The van der Waals surface area contributed by atoms with Crippen molar-refractivity contribution in [2.75, 3.05) is 57.3 Å². The van der Waals surface area contributed by atoms with E-state index in [0.717, 1.165) is 53.9 Å². The molecule has 0 bridgehead atoms. The minimum atomic E-state index is -2.04. The van der Waals surface area contributed by atoms with Gasteiger partial charge in [-0.05, 0) is 111 Å². The van der Waals surface area contributed by atoms with E-state index in [0.29, 0.717) is 27.9 Å². The first-order valence-electron chi connectivity index (χ1n) is 31.0. The molecule has 13 atom stereocenters. The van der Waals surface area contributed by atoms with E-state index in [9.17, 15) is 69.3 Å². The van der Waals surface area contributed by atoms with Crippen LogP contribution in [-0.2, 0) is 35.2 Å². The van der Waals surface area contributed by atoms with Gasteiger partial charge in [0.05, 0.1) is 43.2 Å². The first-order valence-corrected chi connectivity index (χ1v) is 31.8. The average Bonchev–Trinajstić information content (AvgIpc) is 2.22. The molecule has 5 aromatic rings. The summed E-state index contributed by atoms with van der Waals surface area (Å²) in [6, 6.07) is 18.1. The monoisotopic (exact) mass is 1290 g/mol. The highest BCUT2D eigenvalue weighted by Crippen LogP contribution is 2.35. The van der Waals surface area contributed by atoms with Crippen LogP contribution in [0, 0.1) is 5.92 Å². The number of nitrogens with two attached hydrogens (primary N) is 2. The molecule has 4 saturated heterocycles. The van der Waals surface area contributed by atoms with Gasteiger partial charge in [-0.25, -0.2) is 0 Å². The number of ether oxygens (including phenoxy) is 1. The van der Waals surface area contributed by atoms with E-state index in [-0.39, 0.29) is 55.3 Å². The Hall–Kier alpha value is -8.19. The van der Waals surface area contributed by atoms with Gasteiger partial charge in [-0.2, -0.15) is 0 Å². The summed E-state index contributed by atoms with van der Waals surface area (Å²) in [5, 5.41) is 102. The first kappa shape index (κ1) is 68.2. The summed E-state index contributed by atoms with van der Waals surface area (Å²) in [6.45, 7) is 3.29. The number of phenols is 1. The molecule has 7 amide bonds. The summed E-state index contributed by atoms with van der Waals surface area (Å²) >= 11 is 1.34. The first-order chi connectivity index (χ1) is 44.1. The number of hydrogen-bond acceptors (Lipinski definition) is 21. The minimum Gasteiger partial charge on any atom is -0.504 e. The van der Waals surface area contributed by atoms with E-state index in [1.165, 1.54) is 54.2 Å². The maximum Gasteiger partial charge on any atom is 0.251 e. The molecule has 1 aromatic heterocycles. The number of aromatic hydroxyl groups is 1. The Morgan fingerprint density at radius 1 is 0.728 bits per heavy atom. The fraction of sp³-hybridized carbons (Fsp3) is 0.484. The Labute approximate surface area is 535 Å². The smallest absolute Gasteiger partial charge is 0.251 e. The molecule has 494 valence electrons. The van der Waals surface area contributed by atoms with Crippen LogP contribution in [0.2, 0.25) is 0 Å². The molecule has 0 radical (unpaired) electrons. The number of fused-ring (bicyclic) bond motifs is 2. The zero-order valence-electron chi connectivity index (χ0n) is 51.1. The topological polar surface area (TPSA) is 418 Å². The van der Waals surface area contributed by atoms with Crippen molar-refractivity contribution in [1.82, 2.24) is 46.6 Å². The fourth-order valence-corrected chi connectivity index (χ4v) is 13.0. The third kappa shape index (κ3) is 16.3. The second-order valence-electron chi connectivity index (χ2n) is 24.1. The number of phenolic OH excluding ortho intramolecular Hbond substituents is 1. The van der Waals surface area contributed by atoms with Crippen molar-refractivity contribution in [2.24, 2.45) is 17.4 Å². The van der Waals surface area contributed by atoms with Crippen LogP contribution in [0.1, 0.15) is 79.8 Å². The number of carbonyl (C=O) groups excluding carboxylic acids is 7. The Bertz CT molecular complexity index is 3380. The van der Waals surface area contributed by atoms with Gasteiger partial charge >= 0.3 is 0 Å². The lowest BCUT2D eigenvalue weighted by atomic mass is 9.89. The van der Waals surface area contributed by atoms with Gasteiger partial charge in [0.15, 0.2) is 11.5 Å². The highest BCUT2D eigenvalue weighted by Gasteiger charge is 2.50. The Balaban J connectivity index is 0.959. The van der Waals surface area contributed by atoms with Gasteiger partial charge in [0.1, 0.15) is 46.3 Å². The van der Waals surface area contributed by atoms with Crippen molar-refractivity contribution in [1.29, 1.82) is 0 Å². The number of amides is 7. The summed E-state index contributed by atoms with van der Waals surface area (Å²) < 4.78 is 5.65. The zero-order valence-corrected chi connectivity index (χ0v) is 51.9. The maximum absolute atomic E-state index is 14.7. The average molecular weight is 1290 g/mol. The molecule has 1 unspecified atom stereocenters. The fourth-order valence-electron chi connectivity index (χ4n) is 12.2.